The molecule has 19 heavy (non-hydrogen) atoms. The first-order valence-corrected chi connectivity index (χ1v) is 6.19. The summed E-state index contributed by atoms with van der Waals surface area (Å²) in [5.74, 6) is -1.66. The summed E-state index contributed by atoms with van der Waals surface area (Å²) in [6.45, 7) is 1.84. The van der Waals surface area contributed by atoms with Crippen molar-refractivity contribution in [3.63, 3.8) is 0 Å². The largest absolute Gasteiger partial charge is 0.507 e. The number of aryl methyl sites for hydroxylation is 1. The Kier molecular flexibility index (Phi) is 3.80. The van der Waals surface area contributed by atoms with Gasteiger partial charge >= 0.3 is 0 Å². The Morgan fingerprint density at radius 1 is 1.47 bits per heavy atom. The van der Waals surface area contributed by atoms with E-state index >= 15 is 0 Å². The second-order valence-electron chi connectivity index (χ2n) is 3.91. The highest BCUT2D eigenvalue weighted by atomic mass is 79.9. The zero-order valence-corrected chi connectivity index (χ0v) is 11.5. The van der Waals surface area contributed by atoms with Gasteiger partial charge in [0.25, 0.3) is 5.91 Å². The molecule has 98 valence electrons. The van der Waals surface area contributed by atoms with Gasteiger partial charge in [-0.15, -0.1) is 0 Å². The molecule has 4 nitrogen and oxygen atoms in total. The molecule has 2 rings (SSSR count). The zero-order chi connectivity index (χ0) is 14.0. The van der Waals surface area contributed by atoms with Crippen LogP contribution in [0.25, 0.3) is 0 Å². The van der Waals surface area contributed by atoms with Crippen LogP contribution in [0.1, 0.15) is 15.9 Å². The third-order valence-corrected chi connectivity index (χ3v) is 3.34. The molecule has 0 aliphatic carbocycles. The topological polar surface area (TPSA) is 62.2 Å². The van der Waals surface area contributed by atoms with E-state index < -0.39 is 23.0 Å². The van der Waals surface area contributed by atoms with Crippen molar-refractivity contribution in [3.05, 3.63) is 51.9 Å². The van der Waals surface area contributed by atoms with Crippen LogP contribution in [0.3, 0.4) is 0 Å². The van der Waals surface area contributed by atoms with Crippen LogP contribution in [0.4, 0.5) is 10.2 Å². The van der Waals surface area contributed by atoms with E-state index in [1.807, 2.05) is 6.92 Å². The van der Waals surface area contributed by atoms with Gasteiger partial charge in [0.1, 0.15) is 22.9 Å². The molecule has 6 heteroatoms. The predicted molar refractivity (Wildman–Crippen MR) is 72.7 cm³/mol. The van der Waals surface area contributed by atoms with Gasteiger partial charge in [0.2, 0.25) is 0 Å². The van der Waals surface area contributed by atoms with Crippen molar-refractivity contribution >= 4 is 27.7 Å². The first kappa shape index (κ1) is 13.5. The number of carbonyl (C=O) groups is 1. The SMILES string of the molecule is Cc1cc(NC(=O)c2c(O)cccc2F)ncc1Br. The number of phenolic OH excluding ortho intramolecular Hbond substituents is 1. The molecular formula is C13H10BrFN2O2. The second-order valence-corrected chi connectivity index (χ2v) is 4.76. The van der Waals surface area contributed by atoms with E-state index in [4.69, 9.17) is 0 Å². The molecule has 2 N–H and O–H groups in total. The maximum absolute atomic E-state index is 13.5. The lowest BCUT2D eigenvalue weighted by Crippen LogP contribution is -2.15. The summed E-state index contributed by atoms with van der Waals surface area (Å²) in [7, 11) is 0. The molecule has 0 bridgehead atoms. The molecule has 0 atom stereocenters. The molecule has 0 saturated heterocycles. The molecule has 1 aromatic heterocycles. The highest BCUT2D eigenvalue weighted by Gasteiger charge is 2.17. The average molecular weight is 325 g/mol. The third-order valence-electron chi connectivity index (χ3n) is 2.51. The van der Waals surface area contributed by atoms with Gasteiger partial charge < -0.3 is 10.4 Å². The van der Waals surface area contributed by atoms with Crippen LogP contribution >= 0.6 is 15.9 Å². The van der Waals surface area contributed by atoms with Gasteiger partial charge in [-0.25, -0.2) is 9.37 Å². The van der Waals surface area contributed by atoms with Gasteiger partial charge in [-0.3, -0.25) is 4.79 Å². The number of amides is 1. The minimum Gasteiger partial charge on any atom is -0.507 e. The van der Waals surface area contributed by atoms with Gasteiger partial charge in [0.15, 0.2) is 0 Å². The van der Waals surface area contributed by atoms with Gasteiger partial charge in [-0.1, -0.05) is 6.07 Å². The van der Waals surface area contributed by atoms with Crippen LogP contribution in [0.15, 0.2) is 34.9 Å². The van der Waals surface area contributed by atoms with E-state index in [-0.39, 0.29) is 5.82 Å². The number of anilines is 1. The van der Waals surface area contributed by atoms with Crippen molar-refractivity contribution in [2.75, 3.05) is 5.32 Å². The summed E-state index contributed by atoms with van der Waals surface area (Å²) in [5.41, 5.74) is 0.480. The molecule has 0 unspecified atom stereocenters. The normalized spacial score (nSPS) is 10.3. The maximum Gasteiger partial charge on any atom is 0.263 e. The summed E-state index contributed by atoms with van der Waals surface area (Å²) in [6, 6.07) is 5.32. The highest BCUT2D eigenvalue weighted by Crippen LogP contribution is 2.22. The molecule has 1 aromatic carbocycles. The average Bonchev–Trinajstić information content (AvgIpc) is 2.33. The van der Waals surface area contributed by atoms with Crippen LogP contribution in [-0.2, 0) is 0 Å². The van der Waals surface area contributed by atoms with Crippen LogP contribution in [-0.4, -0.2) is 16.0 Å². The number of halogens is 2. The van der Waals surface area contributed by atoms with E-state index in [0.717, 1.165) is 16.1 Å². The summed E-state index contributed by atoms with van der Waals surface area (Å²) < 4.78 is 14.3. The van der Waals surface area contributed by atoms with Crippen LogP contribution in [0, 0.1) is 12.7 Å². The van der Waals surface area contributed by atoms with Crippen molar-refractivity contribution in [2.45, 2.75) is 6.92 Å². The molecule has 0 saturated carbocycles. The number of nitrogens with zero attached hydrogens (tertiary/aromatic N) is 1. The number of pyridine rings is 1. The maximum atomic E-state index is 13.5. The fraction of sp³-hybridized carbons (Fsp3) is 0.0769. The summed E-state index contributed by atoms with van der Waals surface area (Å²) in [4.78, 5) is 15.9. The minimum atomic E-state index is -0.786. The zero-order valence-electron chi connectivity index (χ0n) is 9.95. The minimum absolute atomic E-state index is 0.286. The Bertz CT molecular complexity index is 626. The number of aromatic nitrogens is 1. The summed E-state index contributed by atoms with van der Waals surface area (Å²) in [6.07, 6.45) is 1.53. The first-order chi connectivity index (χ1) is 8.99. The van der Waals surface area contributed by atoms with Crippen molar-refractivity contribution in [1.82, 2.24) is 4.98 Å². The number of benzene rings is 1. The Hall–Kier alpha value is -1.95. The highest BCUT2D eigenvalue weighted by molar-refractivity contribution is 9.10. The van der Waals surface area contributed by atoms with Crippen molar-refractivity contribution in [1.29, 1.82) is 0 Å². The Labute approximate surface area is 117 Å². The lowest BCUT2D eigenvalue weighted by Gasteiger charge is -2.08. The van der Waals surface area contributed by atoms with Crippen molar-refractivity contribution in [2.24, 2.45) is 0 Å². The van der Waals surface area contributed by atoms with Gasteiger partial charge in [0, 0.05) is 10.7 Å². The Morgan fingerprint density at radius 3 is 2.84 bits per heavy atom. The number of carbonyl (C=O) groups excluding carboxylic acids is 1. The van der Waals surface area contributed by atoms with Gasteiger partial charge in [-0.2, -0.15) is 0 Å². The number of rotatable bonds is 2. The molecule has 1 amide bonds. The van der Waals surface area contributed by atoms with Crippen molar-refractivity contribution in [3.8, 4) is 5.75 Å². The molecule has 0 aliphatic rings. The van der Waals surface area contributed by atoms with Crippen molar-refractivity contribution < 1.29 is 14.3 Å². The Morgan fingerprint density at radius 2 is 2.21 bits per heavy atom. The number of aromatic hydroxyl groups is 1. The number of nitrogens with one attached hydrogen (secondary N) is 1. The molecule has 1 heterocycles. The monoisotopic (exact) mass is 324 g/mol. The molecule has 0 spiro atoms. The molecule has 0 fully saturated rings. The number of hydrogen-bond acceptors (Lipinski definition) is 3. The fourth-order valence-corrected chi connectivity index (χ4v) is 1.74. The Balaban J connectivity index is 2.28. The number of phenols is 1. The van der Waals surface area contributed by atoms with Gasteiger partial charge in [0.05, 0.1) is 0 Å². The molecular weight excluding hydrogens is 315 g/mol. The van der Waals surface area contributed by atoms with E-state index in [2.05, 4.69) is 26.2 Å². The molecule has 0 radical (unpaired) electrons. The molecule has 2 aromatic rings. The lowest BCUT2D eigenvalue weighted by atomic mass is 10.1. The van der Waals surface area contributed by atoms with E-state index in [1.54, 1.807) is 6.07 Å². The molecule has 0 aliphatic heterocycles. The van der Waals surface area contributed by atoms with Crippen LogP contribution < -0.4 is 5.32 Å². The van der Waals surface area contributed by atoms with Gasteiger partial charge in [-0.05, 0) is 46.6 Å². The van der Waals surface area contributed by atoms with E-state index in [1.165, 1.54) is 18.3 Å². The third kappa shape index (κ3) is 2.90. The van der Waals surface area contributed by atoms with E-state index in [0.29, 0.717) is 0 Å². The lowest BCUT2D eigenvalue weighted by molar-refractivity contribution is 0.102. The quantitative estimate of drug-likeness (QED) is 0.891. The summed E-state index contributed by atoms with van der Waals surface area (Å²) in [5, 5.41) is 11.9. The smallest absolute Gasteiger partial charge is 0.263 e. The van der Waals surface area contributed by atoms with E-state index in [9.17, 15) is 14.3 Å². The number of hydrogen-bond donors (Lipinski definition) is 2. The second kappa shape index (κ2) is 5.36. The van der Waals surface area contributed by atoms with Crippen LogP contribution in [0.5, 0.6) is 5.75 Å². The first-order valence-electron chi connectivity index (χ1n) is 5.40. The standard InChI is InChI=1S/C13H10BrFN2O2/c1-7-5-11(16-6-8(7)14)17-13(19)12-9(15)3-2-4-10(12)18/h2-6,18H,1H3,(H,16,17,19). The van der Waals surface area contributed by atoms with Crippen LogP contribution in [0.2, 0.25) is 0 Å². The summed E-state index contributed by atoms with van der Waals surface area (Å²) >= 11 is 3.29. The fourth-order valence-electron chi connectivity index (χ4n) is 1.52. The predicted octanol–water partition coefficient (Wildman–Crippen LogP) is 3.25.